The van der Waals surface area contributed by atoms with Crippen molar-refractivity contribution in [3.05, 3.63) is 52.2 Å². The number of aryl methyl sites for hydroxylation is 3. The molecule has 0 aliphatic heterocycles. The minimum absolute atomic E-state index is 0.0321. The lowest BCUT2D eigenvalue weighted by molar-refractivity contribution is 0.456. The van der Waals surface area contributed by atoms with E-state index in [1.807, 2.05) is 52.0 Å². The topological polar surface area (TPSA) is 72.0 Å². The maximum absolute atomic E-state index is 7.71. The highest BCUT2D eigenvalue weighted by Crippen LogP contribution is 2.29. The Morgan fingerprint density at radius 3 is 2.50 bits per heavy atom. The average Bonchev–Trinajstić information content (AvgIpc) is 2.33. The Morgan fingerprint density at radius 2 is 1.85 bits per heavy atom. The molecule has 0 atom stereocenters. The molecule has 0 spiro atoms. The van der Waals surface area contributed by atoms with Gasteiger partial charge in [0.15, 0.2) is 0 Å². The molecule has 1 aromatic carbocycles. The van der Waals surface area contributed by atoms with E-state index >= 15 is 0 Å². The molecule has 2 aromatic rings. The lowest BCUT2D eigenvalue weighted by atomic mass is 10.1. The van der Waals surface area contributed by atoms with E-state index in [0.29, 0.717) is 11.4 Å². The summed E-state index contributed by atoms with van der Waals surface area (Å²) < 4.78 is 5.91. The van der Waals surface area contributed by atoms with Crippen LogP contribution in [0.3, 0.4) is 0 Å². The number of nitrogens with zero attached hydrogens (tertiary/aromatic N) is 1. The first-order valence-electron chi connectivity index (χ1n) is 6.47. The number of nitrogens with two attached hydrogens (primary N) is 1. The van der Waals surface area contributed by atoms with Gasteiger partial charge in [0.1, 0.15) is 11.6 Å². The number of aromatic nitrogens is 1. The Labute approximate surface area is 119 Å². The molecule has 0 fully saturated rings. The van der Waals surface area contributed by atoms with E-state index in [2.05, 4.69) is 4.98 Å². The van der Waals surface area contributed by atoms with Gasteiger partial charge in [-0.2, -0.15) is 0 Å². The van der Waals surface area contributed by atoms with Gasteiger partial charge in [-0.25, -0.2) is 4.98 Å². The number of amidine groups is 1. The molecule has 4 heteroatoms. The Kier molecular flexibility index (Phi) is 3.74. The molecule has 4 nitrogen and oxygen atoms in total. The molecule has 0 saturated heterocycles. The van der Waals surface area contributed by atoms with Crippen LogP contribution in [0.1, 0.15) is 27.9 Å². The van der Waals surface area contributed by atoms with Gasteiger partial charge >= 0.3 is 0 Å². The summed E-state index contributed by atoms with van der Waals surface area (Å²) in [5.41, 5.74) is 10.1. The minimum Gasteiger partial charge on any atom is -0.438 e. The SMILES string of the molecule is Cc1cc(C)c(C(=N)N)c(Oc2cccc(C)c2C)n1. The van der Waals surface area contributed by atoms with E-state index in [0.717, 1.165) is 28.1 Å². The van der Waals surface area contributed by atoms with E-state index < -0.39 is 0 Å². The molecule has 0 unspecified atom stereocenters. The van der Waals surface area contributed by atoms with E-state index in [-0.39, 0.29) is 5.84 Å². The Morgan fingerprint density at radius 1 is 1.15 bits per heavy atom. The molecule has 0 amide bonds. The number of benzene rings is 1. The highest BCUT2D eigenvalue weighted by molar-refractivity contribution is 5.98. The van der Waals surface area contributed by atoms with Crippen molar-refractivity contribution < 1.29 is 4.74 Å². The molecule has 1 aromatic heterocycles. The molecular formula is C16H19N3O. The summed E-state index contributed by atoms with van der Waals surface area (Å²) >= 11 is 0. The number of rotatable bonds is 3. The third kappa shape index (κ3) is 2.64. The van der Waals surface area contributed by atoms with Crippen LogP contribution in [0.2, 0.25) is 0 Å². The van der Waals surface area contributed by atoms with Crippen molar-refractivity contribution in [1.29, 1.82) is 5.41 Å². The second kappa shape index (κ2) is 5.33. The molecule has 104 valence electrons. The summed E-state index contributed by atoms with van der Waals surface area (Å²) in [5, 5.41) is 7.71. The molecule has 0 aliphatic rings. The largest absolute Gasteiger partial charge is 0.438 e. The van der Waals surface area contributed by atoms with Gasteiger partial charge in [-0.1, -0.05) is 12.1 Å². The van der Waals surface area contributed by atoms with E-state index in [1.165, 1.54) is 0 Å². The third-order valence-electron chi connectivity index (χ3n) is 3.34. The van der Waals surface area contributed by atoms with Crippen molar-refractivity contribution in [2.75, 3.05) is 0 Å². The number of nitrogens with one attached hydrogen (secondary N) is 1. The standard InChI is InChI=1S/C16H19N3O/c1-9-6-5-7-13(12(9)4)20-16-14(15(17)18)10(2)8-11(3)19-16/h5-8H,1-4H3,(H3,17,18). The number of nitrogen functional groups attached to an aromatic ring is 1. The predicted octanol–water partition coefficient (Wildman–Crippen LogP) is 3.39. The maximum atomic E-state index is 7.71. The minimum atomic E-state index is -0.0321. The van der Waals surface area contributed by atoms with Crippen LogP contribution in [0.25, 0.3) is 0 Å². The van der Waals surface area contributed by atoms with Crippen LogP contribution in [0, 0.1) is 33.1 Å². The van der Waals surface area contributed by atoms with Gasteiger partial charge in [0.25, 0.3) is 0 Å². The van der Waals surface area contributed by atoms with Gasteiger partial charge in [0, 0.05) is 5.69 Å². The summed E-state index contributed by atoms with van der Waals surface area (Å²) in [7, 11) is 0. The summed E-state index contributed by atoms with van der Waals surface area (Å²) in [5.74, 6) is 1.10. The van der Waals surface area contributed by atoms with Crippen molar-refractivity contribution in [3.63, 3.8) is 0 Å². The van der Waals surface area contributed by atoms with Crippen LogP contribution in [0.5, 0.6) is 11.6 Å². The molecular weight excluding hydrogens is 250 g/mol. The van der Waals surface area contributed by atoms with Crippen LogP contribution < -0.4 is 10.5 Å². The van der Waals surface area contributed by atoms with Crippen LogP contribution in [0.4, 0.5) is 0 Å². The quantitative estimate of drug-likeness (QED) is 0.662. The second-order valence-corrected chi connectivity index (χ2v) is 4.97. The van der Waals surface area contributed by atoms with Gasteiger partial charge in [-0.05, 0) is 56.5 Å². The van der Waals surface area contributed by atoms with Gasteiger partial charge in [-0.15, -0.1) is 0 Å². The molecule has 1 heterocycles. The van der Waals surface area contributed by atoms with E-state index in [9.17, 15) is 0 Å². The van der Waals surface area contributed by atoms with Gasteiger partial charge in [-0.3, -0.25) is 5.41 Å². The first-order valence-corrected chi connectivity index (χ1v) is 6.47. The number of hydrogen-bond acceptors (Lipinski definition) is 3. The van der Waals surface area contributed by atoms with Crippen molar-refractivity contribution in [3.8, 4) is 11.6 Å². The number of pyridine rings is 1. The van der Waals surface area contributed by atoms with Crippen molar-refractivity contribution in [2.24, 2.45) is 5.73 Å². The molecule has 3 N–H and O–H groups in total. The summed E-state index contributed by atoms with van der Waals surface area (Å²) in [6.45, 7) is 7.83. The van der Waals surface area contributed by atoms with Gasteiger partial charge in [0.05, 0.1) is 5.56 Å². The Hall–Kier alpha value is -2.36. The van der Waals surface area contributed by atoms with Crippen LogP contribution in [-0.2, 0) is 0 Å². The summed E-state index contributed by atoms with van der Waals surface area (Å²) in [4.78, 5) is 4.38. The van der Waals surface area contributed by atoms with E-state index in [1.54, 1.807) is 0 Å². The fourth-order valence-electron chi connectivity index (χ4n) is 2.14. The second-order valence-electron chi connectivity index (χ2n) is 4.97. The zero-order valence-electron chi connectivity index (χ0n) is 12.2. The summed E-state index contributed by atoms with van der Waals surface area (Å²) in [6.07, 6.45) is 0. The smallest absolute Gasteiger partial charge is 0.230 e. The zero-order valence-corrected chi connectivity index (χ0v) is 12.2. The first kappa shape index (κ1) is 14.1. The van der Waals surface area contributed by atoms with Crippen LogP contribution >= 0.6 is 0 Å². The van der Waals surface area contributed by atoms with Crippen molar-refractivity contribution in [1.82, 2.24) is 4.98 Å². The fourth-order valence-corrected chi connectivity index (χ4v) is 2.14. The first-order chi connectivity index (χ1) is 9.40. The number of ether oxygens (including phenoxy) is 1. The van der Waals surface area contributed by atoms with Gasteiger partial charge in [0.2, 0.25) is 5.88 Å². The zero-order chi connectivity index (χ0) is 14.9. The summed E-state index contributed by atoms with van der Waals surface area (Å²) in [6, 6.07) is 7.76. The lowest BCUT2D eigenvalue weighted by Crippen LogP contribution is -2.15. The molecule has 0 aliphatic carbocycles. The van der Waals surface area contributed by atoms with Crippen LogP contribution in [-0.4, -0.2) is 10.8 Å². The monoisotopic (exact) mass is 269 g/mol. The molecule has 0 radical (unpaired) electrons. The van der Waals surface area contributed by atoms with Crippen molar-refractivity contribution >= 4 is 5.84 Å². The van der Waals surface area contributed by atoms with E-state index in [4.69, 9.17) is 15.9 Å². The third-order valence-corrected chi connectivity index (χ3v) is 3.34. The van der Waals surface area contributed by atoms with Crippen LogP contribution in [0.15, 0.2) is 24.3 Å². The van der Waals surface area contributed by atoms with Crippen molar-refractivity contribution in [2.45, 2.75) is 27.7 Å². The molecule has 2 rings (SSSR count). The lowest BCUT2D eigenvalue weighted by Gasteiger charge is -2.14. The molecule has 20 heavy (non-hydrogen) atoms. The molecule has 0 saturated carbocycles. The Bertz CT molecular complexity index is 678. The highest BCUT2D eigenvalue weighted by atomic mass is 16.5. The Balaban J connectivity index is 2.53. The maximum Gasteiger partial charge on any atom is 0.230 e. The fraction of sp³-hybridized carbons (Fsp3) is 0.250. The average molecular weight is 269 g/mol. The molecule has 0 bridgehead atoms. The number of hydrogen-bond donors (Lipinski definition) is 2. The van der Waals surface area contributed by atoms with Gasteiger partial charge < -0.3 is 10.5 Å². The normalized spacial score (nSPS) is 10.4. The highest BCUT2D eigenvalue weighted by Gasteiger charge is 2.15. The predicted molar refractivity (Wildman–Crippen MR) is 80.7 cm³/mol.